The number of carboxylic acids is 1. The highest BCUT2D eigenvalue weighted by atomic mass is 16.4. The Kier molecular flexibility index (Phi) is 4.94. The second-order valence-electron chi connectivity index (χ2n) is 4.21. The number of anilines is 1. The number of hydrogen-bond acceptors (Lipinski definition) is 3. The summed E-state index contributed by atoms with van der Waals surface area (Å²) in [5.41, 5.74) is 0.685. The van der Waals surface area contributed by atoms with Crippen LogP contribution < -0.4 is 5.32 Å². The van der Waals surface area contributed by atoms with Gasteiger partial charge in [0.25, 0.3) is 0 Å². The van der Waals surface area contributed by atoms with Gasteiger partial charge in [-0.25, -0.2) is 9.78 Å². The zero-order valence-electron chi connectivity index (χ0n) is 10.6. The summed E-state index contributed by atoms with van der Waals surface area (Å²) in [6.45, 7) is 6.37. The van der Waals surface area contributed by atoms with E-state index in [1.54, 1.807) is 12.1 Å². The lowest BCUT2D eigenvalue weighted by atomic mass is 9.95. The van der Waals surface area contributed by atoms with E-state index in [0.717, 1.165) is 12.8 Å². The number of hydrogen-bond donors (Lipinski definition) is 2. The van der Waals surface area contributed by atoms with Crippen LogP contribution in [-0.4, -0.2) is 22.1 Å². The SMILES string of the molecule is CCC(CC)C(C)Nc1cccnc1C(=O)O. The van der Waals surface area contributed by atoms with Crippen molar-refractivity contribution in [2.75, 3.05) is 5.32 Å². The normalized spacial score (nSPS) is 12.5. The molecule has 0 saturated heterocycles. The van der Waals surface area contributed by atoms with Gasteiger partial charge in [-0.3, -0.25) is 0 Å². The topological polar surface area (TPSA) is 62.2 Å². The van der Waals surface area contributed by atoms with E-state index in [-0.39, 0.29) is 11.7 Å². The van der Waals surface area contributed by atoms with Gasteiger partial charge in [-0.15, -0.1) is 0 Å². The number of aromatic carboxylic acids is 1. The van der Waals surface area contributed by atoms with E-state index in [2.05, 4.69) is 31.1 Å². The first-order chi connectivity index (χ1) is 8.10. The van der Waals surface area contributed by atoms with Crippen molar-refractivity contribution in [3.8, 4) is 0 Å². The van der Waals surface area contributed by atoms with Crippen LogP contribution in [0.2, 0.25) is 0 Å². The van der Waals surface area contributed by atoms with Gasteiger partial charge in [0.15, 0.2) is 5.69 Å². The standard InChI is InChI=1S/C13H20N2O2/c1-4-10(5-2)9(3)15-11-7-6-8-14-12(11)13(16)17/h6-10,15H,4-5H2,1-3H3,(H,16,17). The molecular formula is C13H20N2O2. The third kappa shape index (κ3) is 3.44. The maximum Gasteiger partial charge on any atom is 0.356 e. The number of rotatable bonds is 6. The maximum absolute atomic E-state index is 11.0. The van der Waals surface area contributed by atoms with Crippen molar-refractivity contribution in [3.05, 3.63) is 24.0 Å². The van der Waals surface area contributed by atoms with Crippen LogP contribution in [0.3, 0.4) is 0 Å². The van der Waals surface area contributed by atoms with Crippen LogP contribution >= 0.6 is 0 Å². The van der Waals surface area contributed by atoms with Crippen molar-refractivity contribution in [1.82, 2.24) is 4.98 Å². The van der Waals surface area contributed by atoms with Gasteiger partial charge < -0.3 is 10.4 Å². The first-order valence-electron chi connectivity index (χ1n) is 6.04. The van der Waals surface area contributed by atoms with E-state index in [0.29, 0.717) is 11.6 Å². The fourth-order valence-electron chi connectivity index (χ4n) is 2.05. The quantitative estimate of drug-likeness (QED) is 0.797. The summed E-state index contributed by atoms with van der Waals surface area (Å²) in [5, 5.41) is 12.3. The number of carboxylic acid groups (broad SMARTS) is 1. The molecule has 0 saturated carbocycles. The third-order valence-electron chi connectivity index (χ3n) is 3.15. The molecule has 0 fully saturated rings. The molecule has 4 nitrogen and oxygen atoms in total. The van der Waals surface area contributed by atoms with Crippen LogP contribution in [0, 0.1) is 5.92 Å². The van der Waals surface area contributed by atoms with E-state index < -0.39 is 5.97 Å². The van der Waals surface area contributed by atoms with Crippen LogP contribution in [0.1, 0.15) is 44.1 Å². The molecule has 0 bridgehead atoms. The second-order valence-corrected chi connectivity index (χ2v) is 4.21. The van der Waals surface area contributed by atoms with E-state index in [1.807, 2.05) is 0 Å². The second kappa shape index (κ2) is 6.23. The molecule has 0 aliphatic rings. The Hall–Kier alpha value is -1.58. The highest BCUT2D eigenvalue weighted by molar-refractivity contribution is 5.91. The van der Waals surface area contributed by atoms with Gasteiger partial charge in [0.1, 0.15) is 0 Å². The Morgan fingerprint density at radius 1 is 1.47 bits per heavy atom. The van der Waals surface area contributed by atoms with Gasteiger partial charge in [0.2, 0.25) is 0 Å². The number of nitrogens with one attached hydrogen (secondary N) is 1. The van der Waals surface area contributed by atoms with E-state index in [9.17, 15) is 4.79 Å². The molecule has 1 aromatic heterocycles. The molecule has 0 aliphatic heterocycles. The number of pyridine rings is 1. The molecule has 17 heavy (non-hydrogen) atoms. The molecule has 94 valence electrons. The Bertz CT molecular complexity index is 375. The molecule has 1 rings (SSSR count). The summed E-state index contributed by atoms with van der Waals surface area (Å²) < 4.78 is 0. The zero-order valence-corrected chi connectivity index (χ0v) is 10.6. The smallest absolute Gasteiger partial charge is 0.356 e. The average Bonchev–Trinajstić information content (AvgIpc) is 2.31. The van der Waals surface area contributed by atoms with Crippen molar-refractivity contribution in [2.24, 2.45) is 5.92 Å². The minimum absolute atomic E-state index is 0.0882. The van der Waals surface area contributed by atoms with Gasteiger partial charge in [-0.05, 0) is 25.0 Å². The Balaban J connectivity index is 2.84. The van der Waals surface area contributed by atoms with Crippen LogP contribution in [-0.2, 0) is 0 Å². The Morgan fingerprint density at radius 3 is 2.65 bits per heavy atom. The highest BCUT2D eigenvalue weighted by Crippen LogP contribution is 2.19. The van der Waals surface area contributed by atoms with Gasteiger partial charge in [-0.2, -0.15) is 0 Å². The van der Waals surface area contributed by atoms with Gasteiger partial charge in [-0.1, -0.05) is 26.7 Å². The summed E-state index contributed by atoms with van der Waals surface area (Å²) in [5.74, 6) is -0.457. The van der Waals surface area contributed by atoms with Crippen LogP contribution in [0.5, 0.6) is 0 Å². The van der Waals surface area contributed by atoms with Crippen LogP contribution in [0.4, 0.5) is 5.69 Å². The lowest BCUT2D eigenvalue weighted by molar-refractivity contribution is 0.0691. The number of carbonyl (C=O) groups is 1. The third-order valence-corrected chi connectivity index (χ3v) is 3.15. The Morgan fingerprint density at radius 2 is 2.12 bits per heavy atom. The summed E-state index contributed by atoms with van der Waals surface area (Å²) >= 11 is 0. The molecule has 0 amide bonds. The summed E-state index contributed by atoms with van der Waals surface area (Å²) in [6, 6.07) is 3.75. The number of aromatic nitrogens is 1. The lowest BCUT2D eigenvalue weighted by Gasteiger charge is -2.24. The van der Waals surface area contributed by atoms with Crippen molar-refractivity contribution >= 4 is 11.7 Å². The van der Waals surface area contributed by atoms with E-state index in [4.69, 9.17) is 5.11 Å². The van der Waals surface area contributed by atoms with Gasteiger partial charge in [0, 0.05) is 12.2 Å². The summed E-state index contributed by atoms with van der Waals surface area (Å²) in [4.78, 5) is 14.9. The molecule has 4 heteroatoms. The molecule has 0 spiro atoms. The van der Waals surface area contributed by atoms with Gasteiger partial charge in [0.05, 0.1) is 5.69 Å². The molecule has 1 unspecified atom stereocenters. The molecule has 0 aliphatic carbocycles. The molecular weight excluding hydrogens is 216 g/mol. The van der Waals surface area contributed by atoms with Crippen molar-refractivity contribution in [3.63, 3.8) is 0 Å². The monoisotopic (exact) mass is 236 g/mol. The highest BCUT2D eigenvalue weighted by Gasteiger charge is 2.17. The number of nitrogens with zero attached hydrogens (tertiary/aromatic N) is 1. The van der Waals surface area contributed by atoms with Crippen molar-refractivity contribution in [1.29, 1.82) is 0 Å². The predicted molar refractivity (Wildman–Crippen MR) is 68.4 cm³/mol. The van der Waals surface area contributed by atoms with Crippen LogP contribution in [0.15, 0.2) is 18.3 Å². The summed E-state index contributed by atoms with van der Waals surface area (Å²) in [7, 11) is 0. The zero-order chi connectivity index (χ0) is 12.8. The lowest BCUT2D eigenvalue weighted by Crippen LogP contribution is -2.26. The predicted octanol–water partition coefficient (Wildman–Crippen LogP) is 3.02. The largest absolute Gasteiger partial charge is 0.476 e. The maximum atomic E-state index is 11.0. The fourth-order valence-corrected chi connectivity index (χ4v) is 2.05. The molecule has 0 radical (unpaired) electrons. The molecule has 1 atom stereocenters. The van der Waals surface area contributed by atoms with E-state index in [1.165, 1.54) is 6.20 Å². The molecule has 0 aromatic carbocycles. The molecule has 2 N–H and O–H groups in total. The van der Waals surface area contributed by atoms with Crippen LogP contribution in [0.25, 0.3) is 0 Å². The van der Waals surface area contributed by atoms with Gasteiger partial charge >= 0.3 is 5.97 Å². The summed E-state index contributed by atoms with van der Waals surface area (Å²) in [6.07, 6.45) is 3.65. The first kappa shape index (κ1) is 13.5. The minimum Gasteiger partial charge on any atom is -0.476 e. The average molecular weight is 236 g/mol. The molecule has 1 aromatic rings. The van der Waals surface area contributed by atoms with Crippen molar-refractivity contribution < 1.29 is 9.90 Å². The van der Waals surface area contributed by atoms with Crippen molar-refractivity contribution in [2.45, 2.75) is 39.7 Å². The van der Waals surface area contributed by atoms with E-state index >= 15 is 0 Å². The Labute approximate surface area is 102 Å². The molecule has 1 heterocycles. The fraction of sp³-hybridized carbons (Fsp3) is 0.538. The first-order valence-corrected chi connectivity index (χ1v) is 6.04. The minimum atomic E-state index is -0.996.